The number of hydrogen-bond donors (Lipinski definition) is 12. The highest BCUT2D eigenvalue weighted by Gasteiger charge is 2.30. The molecule has 3 aliphatic rings. The molecule has 21 nitrogen and oxygen atoms in total. The van der Waals surface area contributed by atoms with E-state index in [-0.39, 0.29) is 17.8 Å². The second kappa shape index (κ2) is 23.8. The van der Waals surface area contributed by atoms with E-state index in [1.165, 1.54) is 0 Å². The molecule has 11 unspecified atom stereocenters. The van der Waals surface area contributed by atoms with E-state index in [4.69, 9.17) is 59.7 Å². The molecule has 3 saturated carbocycles. The van der Waals surface area contributed by atoms with Crippen LogP contribution in [0.15, 0.2) is 18.6 Å². The van der Waals surface area contributed by atoms with E-state index in [2.05, 4.69) is 56.5 Å². The highest BCUT2D eigenvalue weighted by molar-refractivity contribution is 5.98. The maximum absolute atomic E-state index is 11.9. The number of hydrogen-bond acceptors (Lipinski definition) is 18. The number of primary amides is 3. The van der Waals surface area contributed by atoms with Crippen molar-refractivity contribution in [1.29, 1.82) is 0 Å². The zero-order valence-corrected chi connectivity index (χ0v) is 39.2. The molecule has 3 aliphatic carbocycles. The minimum Gasteiger partial charge on any atom is -0.393 e. The van der Waals surface area contributed by atoms with E-state index in [1.54, 1.807) is 62.3 Å². The average molecular weight is 995 g/mol. The largest absolute Gasteiger partial charge is 0.393 e. The monoisotopic (exact) mass is 995 g/mol. The molecule has 0 bridgehead atoms. The average Bonchev–Trinajstić information content (AvgIpc) is 0.684. The number of carbonyl (C=O) groups excluding carboxylic acids is 3. The Balaban J connectivity index is 0.000000318. The quantitative estimate of drug-likeness (QED) is 0.110. The molecule has 0 aliphatic heterocycles. The first kappa shape index (κ1) is 26.0. The van der Waals surface area contributed by atoms with Crippen molar-refractivity contribution in [2.75, 3.05) is 31.9 Å². The third-order valence-electron chi connectivity index (χ3n) is 8.13. The molecule has 3 aromatic rings. The van der Waals surface area contributed by atoms with Gasteiger partial charge in [-0.05, 0) is 137 Å². The zero-order valence-electron chi connectivity index (χ0n) is 70.2. The normalized spacial score (nSPS) is 47.2. The van der Waals surface area contributed by atoms with Gasteiger partial charge in [0.2, 0.25) is 17.8 Å². The first-order chi connectivity index (χ1) is 43.8. The van der Waals surface area contributed by atoms with Crippen LogP contribution in [-0.2, 0) is 0 Å². The summed E-state index contributed by atoms with van der Waals surface area (Å²) in [5.41, 5.74) is 12.8. The minimum absolute atomic E-state index is 0.0889. The summed E-state index contributed by atoms with van der Waals surface area (Å²) in [6.07, 6.45) is -36.4. The second-order valence-corrected chi connectivity index (χ2v) is 17.9. The zero-order chi connectivity index (χ0) is 79.0. The van der Waals surface area contributed by atoms with Crippen molar-refractivity contribution < 1.29 is 72.2 Å². The van der Waals surface area contributed by atoms with Gasteiger partial charge in [0, 0.05) is 87.5 Å². The van der Waals surface area contributed by atoms with Gasteiger partial charge < -0.3 is 64.4 Å². The van der Waals surface area contributed by atoms with Gasteiger partial charge in [-0.25, -0.2) is 15.0 Å². The van der Waals surface area contributed by atoms with Gasteiger partial charge in [0.1, 0.15) is 17.5 Å². The van der Waals surface area contributed by atoms with Gasteiger partial charge in [0.15, 0.2) is 0 Å². The summed E-state index contributed by atoms with van der Waals surface area (Å²) in [6.45, 7) is 5.34. The summed E-state index contributed by atoms with van der Waals surface area (Å²) in [5.74, 6) is -15.0. The standard InChI is InChI=1S/3C16H27N5O2/c3*1-9-5-6-10(7-12(9)22)19-14-11(13(17)23)8-18-15(20-14)21-16(2,3)4/h3*8-10,12,22H,5-7H2,1-4H3,(H2,17,23)(H2,18,19,20,21)/i1D3,5D,6D2,7D2,9D,10D,12D;1D3,6D2,7D2,9D,10D,12D;1D3,5D,6D2,7D2,10D,12D. The van der Waals surface area contributed by atoms with Crippen LogP contribution in [0.25, 0.3) is 0 Å². The summed E-state index contributed by atoms with van der Waals surface area (Å²) in [5, 5.41) is 46.9. The Hall–Kier alpha value is -5.67. The van der Waals surface area contributed by atoms with Gasteiger partial charge in [0.25, 0.3) is 17.7 Å². The fraction of sp³-hybridized carbons (Fsp3) is 0.688. The van der Waals surface area contributed by atoms with Gasteiger partial charge in [0.05, 0.1) is 43.2 Å². The van der Waals surface area contributed by atoms with Crippen molar-refractivity contribution in [3.8, 4) is 0 Å². The van der Waals surface area contributed by atoms with E-state index in [0.29, 0.717) is 0 Å². The molecular formula is C48H81N15O6. The second-order valence-electron chi connectivity index (χ2n) is 17.9. The van der Waals surface area contributed by atoms with E-state index in [0.717, 1.165) is 18.6 Å². The maximum atomic E-state index is 11.9. The highest BCUT2D eigenvalue weighted by Crippen LogP contribution is 2.30. The van der Waals surface area contributed by atoms with Crippen LogP contribution in [0.1, 0.15) is 214 Å². The van der Waals surface area contributed by atoms with Crippen LogP contribution in [-0.4, -0.2) is 116 Å². The Labute approximate surface area is 451 Å². The molecule has 0 radical (unpaired) electrons. The Morgan fingerprint density at radius 3 is 1.26 bits per heavy atom. The molecule has 11 atom stereocenters. The predicted octanol–water partition coefficient (Wildman–Crippen LogP) is 5.24. The molecule has 0 saturated heterocycles. The van der Waals surface area contributed by atoms with Crippen molar-refractivity contribution in [2.24, 2.45) is 34.9 Å². The van der Waals surface area contributed by atoms with Crippen LogP contribution in [0.2, 0.25) is 0 Å². The summed E-state index contributed by atoms with van der Waals surface area (Å²) >= 11 is 0. The number of carbonyl (C=O) groups is 3. The van der Waals surface area contributed by atoms with Crippen LogP contribution < -0.4 is 49.1 Å². The van der Waals surface area contributed by atoms with Gasteiger partial charge in [-0.15, -0.1) is 0 Å². The van der Waals surface area contributed by atoms with E-state index < -0.39 is 200 Å². The molecule has 384 valence electrons. The SMILES string of the molecule is [2H]C([2H])([2H])C1([2H])CC([2H])([2H])C([2H])(Nc2nc(NC(C)(C)C)ncc2C(N)=O)C([2H])([2H])C1([2H])O.[2H]C1C(C([2H])([2H])[2H])C([2H])(O)C([2H])([2H])C([2H])(Nc2nc(NC(C)(C)C)ncc2C(N)=O)C1([2H])[2H].[2H]C1C([2H])([2H])C([2H])(Nc2nc(NC(C)(C)C)ncc2C(N)=O)C([2H])([2H])C([2H])(O)C1([2H])C([2H])([2H])[2H]. The van der Waals surface area contributed by atoms with E-state index in [1.807, 2.05) is 5.32 Å². The number of amides is 3. The molecule has 0 aromatic carbocycles. The van der Waals surface area contributed by atoms with Gasteiger partial charge in [-0.3, -0.25) is 14.4 Å². The molecule has 15 N–H and O–H groups in total. The number of nitrogens with one attached hydrogen (secondary N) is 6. The van der Waals surface area contributed by atoms with E-state index in [9.17, 15) is 29.7 Å². The molecule has 21 heteroatoms. The van der Waals surface area contributed by atoms with Crippen LogP contribution in [0, 0.1) is 17.7 Å². The van der Waals surface area contributed by atoms with Crippen LogP contribution in [0.5, 0.6) is 0 Å². The first-order valence-corrected chi connectivity index (χ1v) is 20.5. The van der Waals surface area contributed by atoms with Crippen LogP contribution in [0.3, 0.4) is 0 Å². The smallest absolute Gasteiger partial charge is 0.254 e. The lowest BCUT2D eigenvalue weighted by atomic mass is 9.85. The Morgan fingerprint density at radius 1 is 0.565 bits per heavy atom. The van der Waals surface area contributed by atoms with Crippen molar-refractivity contribution in [2.45, 2.75) is 193 Å². The fourth-order valence-electron chi connectivity index (χ4n) is 5.15. The van der Waals surface area contributed by atoms with Crippen molar-refractivity contribution in [1.82, 2.24) is 29.9 Å². The number of rotatable bonds is 12. The van der Waals surface area contributed by atoms with Gasteiger partial charge >= 0.3 is 0 Å². The maximum Gasteiger partial charge on any atom is 0.254 e. The summed E-state index contributed by atoms with van der Waals surface area (Å²) < 4.78 is 251. The third kappa shape index (κ3) is 18.3. The third-order valence-corrected chi connectivity index (χ3v) is 8.13. The lowest BCUT2D eigenvalue weighted by molar-refractivity contribution is 0.0737. The van der Waals surface area contributed by atoms with Crippen molar-refractivity contribution in [3.63, 3.8) is 0 Å². The molecule has 3 fully saturated rings. The number of nitrogens with zero attached hydrogens (tertiary/aromatic N) is 6. The molecule has 3 heterocycles. The Kier molecular flexibility index (Phi) is 8.94. The van der Waals surface area contributed by atoms with Crippen molar-refractivity contribution >= 4 is 53.0 Å². The highest BCUT2D eigenvalue weighted by atomic mass is 16.3. The van der Waals surface area contributed by atoms with Crippen molar-refractivity contribution in [3.05, 3.63) is 35.3 Å². The lowest BCUT2D eigenvalue weighted by Crippen LogP contribution is -2.36. The number of nitrogens with two attached hydrogens (primary N) is 3. The molecule has 3 aromatic heterocycles. The Morgan fingerprint density at radius 2 is 0.913 bits per heavy atom. The number of aromatic nitrogens is 6. The molecule has 0 spiro atoms. The summed E-state index contributed by atoms with van der Waals surface area (Å²) in [4.78, 5) is 59.4. The topological polar surface area (TPSA) is 339 Å². The lowest BCUT2D eigenvalue weighted by Gasteiger charge is -2.32. The first-order valence-electron chi connectivity index (χ1n) is 36.2. The number of anilines is 6. The molecule has 6 rings (SSSR count). The predicted molar refractivity (Wildman–Crippen MR) is 271 cm³/mol. The van der Waals surface area contributed by atoms with Gasteiger partial charge in [-0.2, -0.15) is 15.0 Å². The summed E-state index contributed by atoms with van der Waals surface area (Å²) in [7, 11) is 0. The number of aliphatic hydroxyl groups is 3. The van der Waals surface area contributed by atoms with Gasteiger partial charge in [-0.1, -0.05) is 20.6 Å². The Bertz CT molecular complexity index is 3590. The minimum atomic E-state index is -4.00. The van der Waals surface area contributed by atoms with Crippen LogP contribution >= 0.6 is 0 Å². The van der Waals surface area contributed by atoms with Crippen LogP contribution in [0.4, 0.5) is 35.3 Å². The fourth-order valence-corrected chi connectivity index (χ4v) is 5.15. The molecule has 69 heavy (non-hydrogen) atoms. The molecule has 3 amide bonds. The molecular weight excluding hydrogens is 883 g/mol. The summed E-state index contributed by atoms with van der Waals surface area (Å²) in [6, 6.07) is -10.2. The van der Waals surface area contributed by atoms with E-state index >= 15 is 0 Å².